The highest BCUT2D eigenvalue weighted by Gasteiger charge is 2.31. The Morgan fingerprint density at radius 2 is 1.57 bits per heavy atom. The van der Waals surface area contributed by atoms with Crippen molar-refractivity contribution in [1.29, 1.82) is 0 Å². The zero-order valence-corrected chi connectivity index (χ0v) is 21.4. The summed E-state index contributed by atoms with van der Waals surface area (Å²) in [6.07, 6.45) is -0.290. The van der Waals surface area contributed by atoms with Gasteiger partial charge in [0, 0.05) is 19.0 Å². The molecule has 0 aromatic heterocycles. The van der Waals surface area contributed by atoms with Crippen LogP contribution in [0.5, 0.6) is 0 Å². The van der Waals surface area contributed by atoms with E-state index in [0.29, 0.717) is 25.9 Å². The summed E-state index contributed by atoms with van der Waals surface area (Å²) in [7, 11) is 0. The van der Waals surface area contributed by atoms with Crippen molar-refractivity contribution < 1.29 is 33.7 Å². The molecule has 0 radical (unpaired) electrons. The Kier molecular flexibility index (Phi) is 8.02. The number of nitrogens with zero attached hydrogens (tertiary/aromatic N) is 1. The van der Waals surface area contributed by atoms with Crippen molar-refractivity contribution in [2.75, 3.05) is 26.3 Å². The number of fused-ring (bicyclic) bond motifs is 3. The largest absolute Gasteiger partial charge is 0.480 e. The van der Waals surface area contributed by atoms with Gasteiger partial charge in [-0.2, -0.15) is 0 Å². The number of likely N-dealkylation sites (tertiary alicyclic amines) is 1. The SMILES string of the molecule is CC(C)(C)OC(=O)N1CCC(OC[C@H](NC(=O)OCC2c3ccccc3-c3ccccc32)C(=O)O)CC1. The third-order valence-corrected chi connectivity index (χ3v) is 6.53. The summed E-state index contributed by atoms with van der Waals surface area (Å²) in [6.45, 7) is 6.25. The highest BCUT2D eigenvalue weighted by atomic mass is 16.6. The quantitative estimate of drug-likeness (QED) is 0.568. The van der Waals surface area contributed by atoms with Crippen LogP contribution < -0.4 is 5.32 Å². The lowest BCUT2D eigenvalue weighted by Gasteiger charge is -2.33. The van der Waals surface area contributed by atoms with Crippen molar-refractivity contribution in [3.05, 3.63) is 59.7 Å². The van der Waals surface area contributed by atoms with Crippen molar-refractivity contribution in [2.24, 2.45) is 0 Å². The molecule has 0 spiro atoms. The number of ether oxygens (including phenoxy) is 3. The molecule has 9 heteroatoms. The van der Waals surface area contributed by atoms with Crippen molar-refractivity contribution in [3.8, 4) is 11.1 Å². The van der Waals surface area contributed by atoms with Crippen molar-refractivity contribution in [3.63, 3.8) is 0 Å². The fraction of sp³-hybridized carbons (Fsp3) is 0.464. The normalized spacial score (nSPS) is 16.5. The summed E-state index contributed by atoms with van der Waals surface area (Å²) in [4.78, 5) is 38.1. The van der Waals surface area contributed by atoms with Crippen LogP contribution >= 0.6 is 0 Å². The predicted octanol–water partition coefficient (Wildman–Crippen LogP) is 4.39. The first-order valence-electron chi connectivity index (χ1n) is 12.6. The van der Waals surface area contributed by atoms with Gasteiger partial charge in [0.25, 0.3) is 0 Å². The van der Waals surface area contributed by atoms with Crippen LogP contribution in [0.15, 0.2) is 48.5 Å². The molecule has 2 amide bonds. The summed E-state index contributed by atoms with van der Waals surface area (Å²) < 4.78 is 16.6. The molecule has 1 atom stereocenters. The van der Waals surface area contributed by atoms with Crippen molar-refractivity contribution >= 4 is 18.2 Å². The maximum atomic E-state index is 12.5. The molecule has 1 aliphatic carbocycles. The van der Waals surface area contributed by atoms with Crippen LogP contribution in [0.25, 0.3) is 11.1 Å². The van der Waals surface area contributed by atoms with Crippen molar-refractivity contribution in [2.45, 2.75) is 57.3 Å². The molecule has 0 bridgehead atoms. The topological polar surface area (TPSA) is 114 Å². The van der Waals surface area contributed by atoms with E-state index in [9.17, 15) is 19.5 Å². The van der Waals surface area contributed by atoms with E-state index < -0.39 is 23.7 Å². The molecule has 2 N–H and O–H groups in total. The monoisotopic (exact) mass is 510 g/mol. The van der Waals surface area contributed by atoms with Gasteiger partial charge in [0.2, 0.25) is 0 Å². The maximum Gasteiger partial charge on any atom is 0.410 e. The van der Waals surface area contributed by atoms with Crippen LogP contribution in [0.3, 0.4) is 0 Å². The number of hydrogen-bond donors (Lipinski definition) is 2. The molecular weight excluding hydrogens is 476 g/mol. The van der Waals surface area contributed by atoms with Gasteiger partial charge in [-0.15, -0.1) is 0 Å². The van der Waals surface area contributed by atoms with Gasteiger partial charge in [0.1, 0.15) is 12.2 Å². The average molecular weight is 511 g/mol. The second-order valence-corrected chi connectivity index (χ2v) is 10.4. The first-order valence-corrected chi connectivity index (χ1v) is 12.6. The molecule has 9 nitrogen and oxygen atoms in total. The molecular formula is C28H34N2O7. The fourth-order valence-corrected chi connectivity index (χ4v) is 4.72. The number of nitrogens with one attached hydrogen (secondary N) is 1. The molecule has 37 heavy (non-hydrogen) atoms. The van der Waals surface area contributed by atoms with Gasteiger partial charge in [-0.25, -0.2) is 14.4 Å². The third kappa shape index (κ3) is 6.60. The minimum atomic E-state index is -1.25. The lowest BCUT2D eigenvalue weighted by molar-refractivity contribution is -0.141. The van der Waals surface area contributed by atoms with Crippen LogP contribution in [-0.2, 0) is 19.0 Å². The number of aliphatic carboxylic acids is 1. The van der Waals surface area contributed by atoms with Crippen LogP contribution in [0.2, 0.25) is 0 Å². The number of benzene rings is 2. The predicted molar refractivity (Wildman–Crippen MR) is 136 cm³/mol. The van der Waals surface area contributed by atoms with Crippen LogP contribution in [0.4, 0.5) is 9.59 Å². The summed E-state index contributed by atoms with van der Waals surface area (Å²) >= 11 is 0. The van der Waals surface area contributed by atoms with E-state index in [1.54, 1.807) is 4.90 Å². The van der Waals surface area contributed by atoms with E-state index in [4.69, 9.17) is 14.2 Å². The number of carboxylic acids is 1. The number of alkyl carbamates (subject to hydrolysis) is 1. The fourth-order valence-electron chi connectivity index (χ4n) is 4.72. The van der Waals surface area contributed by atoms with Crippen LogP contribution in [-0.4, -0.2) is 72.2 Å². The van der Waals surface area contributed by atoms with E-state index in [-0.39, 0.29) is 31.3 Å². The Hall–Kier alpha value is -3.59. The number of piperidine rings is 1. The number of amides is 2. The van der Waals surface area contributed by atoms with Gasteiger partial charge in [-0.1, -0.05) is 48.5 Å². The lowest BCUT2D eigenvalue weighted by atomic mass is 9.98. The van der Waals surface area contributed by atoms with Gasteiger partial charge in [-0.05, 0) is 55.9 Å². The van der Waals surface area contributed by atoms with E-state index in [0.717, 1.165) is 22.3 Å². The second kappa shape index (κ2) is 11.2. The first-order chi connectivity index (χ1) is 17.6. The lowest BCUT2D eigenvalue weighted by Crippen LogP contribution is -2.47. The molecule has 2 aliphatic rings. The molecule has 1 heterocycles. The van der Waals surface area contributed by atoms with E-state index in [1.165, 1.54) is 0 Å². The molecule has 2 aromatic carbocycles. The van der Waals surface area contributed by atoms with E-state index in [1.807, 2.05) is 69.3 Å². The Bertz CT molecular complexity index is 1090. The second-order valence-electron chi connectivity index (χ2n) is 10.4. The van der Waals surface area contributed by atoms with Crippen LogP contribution in [0.1, 0.15) is 50.7 Å². The average Bonchev–Trinajstić information content (AvgIpc) is 3.18. The molecule has 1 saturated heterocycles. The van der Waals surface area contributed by atoms with Gasteiger partial charge in [0.15, 0.2) is 6.04 Å². The summed E-state index contributed by atoms with van der Waals surface area (Å²) in [5.41, 5.74) is 3.81. The van der Waals surface area contributed by atoms with Gasteiger partial charge in [-0.3, -0.25) is 0 Å². The number of carbonyl (C=O) groups is 3. The van der Waals surface area contributed by atoms with E-state index >= 15 is 0 Å². The zero-order chi connectivity index (χ0) is 26.6. The molecule has 198 valence electrons. The standard InChI is InChI=1S/C28H34N2O7/c1-28(2,3)37-27(34)30-14-12-18(13-15-30)35-17-24(25(31)32)29-26(33)36-16-23-21-10-6-4-8-19(21)20-9-5-7-11-22(20)23/h4-11,18,23-24H,12-17H2,1-3H3,(H,29,33)(H,31,32)/t24-/m0/s1. The molecule has 2 aromatic rings. The highest BCUT2D eigenvalue weighted by molar-refractivity contribution is 5.81. The summed E-state index contributed by atoms with van der Waals surface area (Å²) in [5.74, 6) is -1.33. The Balaban J connectivity index is 1.25. The Morgan fingerprint density at radius 3 is 2.11 bits per heavy atom. The molecule has 0 saturated carbocycles. The minimum Gasteiger partial charge on any atom is -0.480 e. The van der Waals surface area contributed by atoms with Gasteiger partial charge >= 0.3 is 18.2 Å². The van der Waals surface area contributed by atoms with Crippen LogP contribution in [0, 0.1) is 0 Å². The molecule has 1 fully saturated rings. The Morgan fingerprint density at radius 1 is 1.00 bits per heavy atom. The highest BCUT2D eigenvalue weighted by Crippen LogP contribution is 2.44. The molecule has 4 rings (SSSR count). The summed E-state index contributed by atoms with van der Waals surface area (Å²) in [6, 6.07) is 14.7. The van der Waals surface area contributed by atoms with Gasteiger partial charge < -0.3 is 29.5 Å². The first kappa shape index (κ1) is 26.5. The molecule has 0 unspecified atom stereocenters. The summed E-state index contributed by atoms with van der Waals surface area (Å²) in [5, 5.41) is 12.0. The van der Waals surface area contributed by atoms with Crippen molar-refractivity contribution in [1.82, 2.24) is 10.2 Å². The Labute approximate surface area is 216 Å². The maximum absolute atomic E-state index is 12.5. The zero-order valence-electron chi connectivity index (χ0n) is 21.4. The van der Waals surface area contributed by atoms with Gasteiger partial charge in [0.05, 0.1) is 12.7 Å². The molecule has 1 aliphatic heterocycles. The number of carbonyl (C=O) groups excluding carboxylic acids is 2. The number of hydrogen-bond acceptors (Lipinski definition) is 6. The number of carboxylic acid groups (broad SMARTS) is 1. The minimum absolute atomic E-state index is 0.0934. The number of rotatable bonds is 7. The smallest absolute Gasteiger partial charge is 0.410 e. The van der Waals surface area contributed by atoms with E-state index in [2.05, 4.69) is 5.32 Å². The third-order valence-electron chi connectivity index (χ3n) is 6.53.